The zero-order valence-corrected chi connectivity index (χ0v) is 11.5. The van der Waals surface area contributed by atoms with Crippen LogP contribution in [0.1, 0.15) is 18.5 Å². The molecule has 106 valence electrons. The first-order chi connectivity index (χ1) is 9.42. The fourth-order valence-electron chi connectivity index (χ4n) is 1.88. The average Bonchev–Trinajstić information content (AvgIpc) is 2.39. The minimum Gasteiger partial charge on any atom is -0.207 e. The summed E-state index contributed by atoms with van der Waals surface area (Å²) in [6.45, 7) is 1.39. The number of halogens is 2. The van der Waals surface area contributed by atoms with E-state index in [1.807, 2.05) is 0 Å². The van der Waals surface area contributed by atoms with E-state index in [9.17, 15) is 17.2 Å². The van der Waals surface area contributed by atoms with Gasteiger partial charge in [-0.25, -0.2) is 21.9 Å². The van der Waals surface area contributed by atoms with Gasteiger partial charge in [-0.05, 0) is 31.2 Å². The van der Waals surface area contributed by atoms with E-state index in [0.29, 0.717) is 0 Å². The second-order valence-electron chi connectivity index (χ2n) is 4.29. The van der Waals surface area contributed by atoms with Crippen LogP contribution in [-0.4, -0.2) is 8.42 Å². The van der Waals surface area contributed by atoms with Crippen LogP contribution in [0.3, 0.4) is 0 Å². The van der Waals surface area contributed by atoms with E-state index in [4.69, 9.17) is 0 Å². The Morgan fingerprint density at radius 3 is 2.05 bits per heavy atom. The van der Waals surface area contributed by atoms with Gasteiger partial charge in [0.1, 0.15) is 11.6 Å². The fourth-order valence-corrected chi connectivity index (χ4v) is 3.12. The molecule has 0 radical (unpaired) electrons. The minimum atomic E-state index is -3.82. The molecule has 0 aliphatic carbocycles. The largest absolute Gasteiger partial charge is 0.241 e. The predicted molar refractivity (Wildman–Crippen MR) is 71.5 cm³/mol. The van der Waals surface area contributed by atoms with Crippen LogP contribution < -0.4 is 4.72 Å². The van der Waals surface area contributed by atoms with Crippen molar-refractivity contribution in [1.29, 1.82) is 0 Å². The molecule has 0 spiro atoms. The van der Waals surface area contributed by atoms with Crippen molar-refractivity contribution in [3.8, 4) is 0 Å². The topological polar surface area (TPSA) is 46.2 Å². The standard InChI is InChI=1S/C14H13F2NO2S/c1-10(14-12(15)8-5-9-13(14)16)17-20(18,19)11-6-3-2-4-7-11/h2-10,17H,1H3. The summed E-state index contributed by atoms with van der Waals surface area (Å²) in [6.07, 6.45) is 0. The number of sulfonamides is 1. The van der Waals surface area contributed by atoms with E-state index in [1.54, 1.807) is 18.2 Å². The molecule has 0 amide bonds. The second kappa shape index (κ2) is 5.68. The third-order valence-electron chi connectivity index (χ3n) is 2.82. The van der Waals surface area contributed by atoms with Gasteiger partial charge >= 0.3 is 0 Å². The Labute approximate surface area is 116 Å². The van der Waals surface area contributed by atoms with Crippen molar-refractivity contribution in [2.45, 2.75) is 17.9 Å². The van der Waals surface area contributed by atoms with Crippen LogP contribution >= 0.6 is 0 Å². The van der Waals surface area contributed by atoms with Crippen LogP contribution in [0.15, 0.2) is 53.4 Å². The van der Waals surface area contributed by atoms with E-state index in [1.165, 1.54) is 25.1 Å². The zero-order chi connectivity index (χ0) is 14.8. The van der Waals surface area contributed by atoms with E-state index in [0.717, 1.165) is 12.1 Å². The van der Waals surface area contributed by atoms with Crippen LogP contribution in [0.25, 0.3) is 0 Å². The predicted octanol–water partition coefficient (Wildman–Crippen LogP) is 3.00. The molecule has 6 heteroatoms. The Kier molecular flexibility index (Phi) is 4.15. The monoisotopic (exact) mass is 297 g/mol. The van der Waals surface area contributed by atoms with E-state index >= 15 is 0 Å². The molecule has 1 N–H and O–H groups in total. The molecule has 1 unspecified atom stereocenters. The zero-order valence-electron chi connectivity index (χ0n) is 10.7. The Hall–Kier alpha value is -1.79. The van der Waals surface area contributed by atoms with Gasteiger partial charge in [0.05, 0.1) is 4.90 Å². The molecule has 0 saturated heterocycles. The van der Waals surface area contributed by atoms with Gasteiger partial charge in [0.15, 0.2) is 0 Å². The number of hydrogen-bond acceptors (Lipinski definition) is 2. The SMILES string of the molecule is CC(NS(=O)(=O)c1ccccc1)c1c(F)cccc1F. The maximum absolute atomic E-state index is 13.6. The first-order valence-corrected chi connectivity index (χ1v) is 7.41. The summed E-state index contributed by atoms with van der Waals surface area (Å²) in [5.74, 6) is -1.57. The Bertz CT molecular complexity index is 682. The average molecular weight is 297 g/mol. The van der Waals surface area contributed by atoms with Gasteiger partial charge in [-0.1, -0.05) is 24.3 Å². The first-order valence-electron chi connectivity index (χ1n) is 5.93. The van der Waals surface area contributed by atoms with Crippen LogP contribution in [0.2, 0.25) is 0 Å². The van der Waals surface area contributed by atoms with Gasteiger partial charge in [0, 0.05) is 11.6 Å². The van der Waals surface area contributed by atoms with Gasteiger partial charge < -0.3 is 0 Å². The van der Waals surface area contributed by atoms with Crippen molar-refractivity contribution in [2.75, 3.05) is 0 Å². The molecule has 2 aromatic rings. The minimum absolute atomic E-state index is 0.0450. The van der Waals surface area contributed by atoms with Crippen molar-refractivity contribution >= 4 is 10.0 Å². The van der Waals surface area contributed by atoms with Crippen molar-refractivity contribution in [1.82, 2.24) is 4.72 Å². The van der Waals surface area contributed by atoms with E-state index in [-0.39, 0.29) is 10.5 Å². The molecular weight excluding hydrogens is 284 g/mol. The summed E-state index contributed by atoms with van der Waals surface area (Å²) in [7, 11) is -3.82. The van der Waals surface area contributed by atoms with Gasteiger partial charge in [0.25, 0.3) is 0 Å². The van der Waals surface area contributed by atoms with Crippen LogP contribution in [0, 0.1) is 11.6 Å². The maximum Gasteiger partial charge on any atom is 0.241 e. The quantitative estimate of drug-likeness (QED) is 0.943. The Morgan fingerprint density at radius 2 is 1.50 bits per heavy atom. The molecule has 20 heavy (non-hydrogen) atoms. The fraction of sp³-hybridized carbons (Fsp3) is 0.143. The highest BCUT2D eigenvalue weighted by atomic mass is 32.2. The van der Waals surface area contributed by atoms with Crippen LogP contribution in [0.4, 0.5) is 8.78 Å². The molecule has 2 rings (SSSR count). The number of hydrogen-bond donors (Lipinski definition) is 1. The van der Waals surface area contributed by atoms with Gasteiger partial charge in [0.2, 0.25) is 10.0 Å². The van der Waals surface area contributed by atoms with E-state index in [2.05, 4.69) is 4.72 Å². The smallest absolute Gasteiger partial charge is 0.207 e. The summed E-state index contributed by atoms with van der Waals surface area (Å²) in [6, 6.07) is 10.0. The lowest BCUT2D eigenvalue weighted by molar-refractivity contribution is 0.515. The maximum atomic E-state index is 13.6. The number of rotatable bonds is 4. The van der Waals surface area contributed by atoms with Gasteiger partial charge in [-0.15, -0.1) is 0 Å². The molecule has 3 nitrogen and oxygen atoms in total. The molecule has 0 saturated carbocycles. The molecule has 0 aliphatic rings. The van der Waals surface area contributed by atoms with Crippen molar-refractivity contribution in [3.63, 3.8) is 0 Å². The van der Waals surface area contributed by atoms with Crippen molar-refractivity contribution in [2.24, 2.45) is 0 Å². The third-order valence-corrected chi connectivity index (χ3v) is 4.37. The van der Waals surface area contributed by atoms with Gasteiger partial charge in [-0.3, -0.25) is 0 Å². The lowest BCUT2D eigenvalue weighted by Crippen LogP contribution is -2.28. The Balaban J connectivity index is 2.31. The summed E-state index contributed by atoms with van der Waals surface area (Å²) in [4.78, 5) is 0.0450. The highest BCUT2D eigenvalue weighted by molar-refractivity contribution is 7.89. The molecule has 0 aromatic heterocycles. The molecule has 1 atom stereocenters. The molecule has 0 heterocycles. The molecular formula is C14H13F2NO2S. The molecule has 0 aliphatic heterocycles. The lowest BCUT2D eigenvalue weighted by Gasteiger charge is -2.16. The highest BCUT2D eigenvalue weighted by Crippen LogP contribution is 2.22. The van der Waals surface area contributed by atoms with Crippen LogP contribution in [0.5, 0.6) is 0 Å². The summed E-state index contributed by atoms with van der Waals surface area (Å²) < 4.78 is 53.6. The van der Waals surface area contributed by atoms with Crippen molar-refractivity contribution < 1.29 is 17.2 Å². The lowest BCUT2D eigenvalue weighted by atomic mass is 10.1. The second-order valence-corrected chi connectivity index (χ2v) is 6.01. The number of nitrogens with one attached hydrogen (secondary N) is 1. The highest BCUT2D eigenvalue weighted by Gasteiger charge is 2.22. The molecule has 2 aromatic carbocycles. The normalized spacial score (nSPS) is 13.2. The molecule has 0 fully saturated rings. The summed E-state index contributed by atoms with van der Waals surface area (Å²) >= 11 is 0. The summed E-state index contributed by atoms with van der Waals surface area (Å²) in [5.41, 5.74) is -0.299. The summed E-state index contributed by atoms with van der Waals surface area (Å²) in [5, 5.41) is 0. The third kappa shape index (κ3) is 3.02. The van der Waals surface area contributed by atoms with Gasteiger partial charge in [-0.2, -0.15) is 0 Å². The first kappa shape index (κ1) is 14.6. The van der Waals surface area contributed by atoms with E-state index < -0.39 is 27.7 Å². The molecule has 0 bridgehead atoms. The van der Waals surface area contributed by atoms with Crippen LogP contribution in [-0.2, 0) is 10.0 Å². The Morgan fingerprint density at radius 1 is 0.950 bits per heavy atom. The number of benzene rings is 2. The van der Waals surface area contributed by atoms with Crippen molar-refractivity contribution in [3.05, 3.63) is 65.7 Å².